The number of benzene rings is 2. The summed E-state index contributed by atoms with van der Waals surface area (Å²) < 4.78 is 23.6. The second-order valence-corrected chi connectivity index (χ2v) is 9.44. The van der Waals surface area contributed by atoms with Gasteiger partial charge in [-0.15, -0.1) is 0 Å². The number of hydrogen-bond acceptors (Lipinski definition) is 5. The number of nitrogens with zero attached hydrogens (tertiary/aromatic N) is 1. The van der Waals surface area contributed by atoms with E-state index in [4.69, 9.17) is 9.05 Å². The summed E-state index contributed by atoms with van der Waals surface area (Å²) in [5, 5.41) is 9.72. The minimum atomic E-state index is -3.46. The molecule has 1 saturated heterocycles. The summed E-state index contributed by atoms with van der Waals surface area (Å²) in [6, 6.07) is 17.1. The molecule has 2 atom stereocenters. The molecular formula is C23H30NO5P. The van der Waals surface area contributed by atoms with E-state index in [1.54, 1.807) is 26.0 Å². The zero-order valence-electron chi connectivity index (χ0n) is 17.6. The van der Waals surface area contributed by atoms with Gasteiger partial charge in [-0.3, -0.25) is 9.36 Å². The van der Waals surface area contributed by atoms with Crippen molar-refractivity contribution in [2.24, 2.45) is 0 Å². The maximum Gasteiger partial charge on any atom is 0.340 e. The van der Waals surface area contributed by atoms with Gasteiger partial charge in [0.1, 0.15) is 11.9 Å². The van der Waals surface area contributed by atoms with E-state index in [1.807, 2.05) is 35.2 Å². The fraction of sp³-hybridized carbons (Fsp3) is 0.435. The molecule has 3 rings (SSSR count). The normalized spacial score (nSPS) is 17.8. The van der Waals surface area contributed by atoms with Crippen LogP contribution in [0.3, 0.4) is 0 Å². The molecule has 2 aromatic carbocycles. The minimum absolute atomic E-state index is 0.0446. The molecule has 1 aliphatic rings. The van der Waals surface area contributed by atoms with Crippen LogP contribution in [0.4, 0.5) is 0 Å². The van der Waals surface area contributed by atoms with Crippen molar-refractivity contribution < 1.29 is 23.5 Å². The van der Waals surface area contributed by atoms with E-state index in [1.165, 1.54) is 0 Å². The van der Waals surface area contributed by atoms with E-state index in [9.17, 15) is 14.5 Å². The van der Waals surface area contributed by atoms with Crippen LogP contribution in [0.1, 0.15) is 43.7 Å². The highest BCUT2D eigenvalue weighted by molar-refractivity contribution is 7.54. The summed E-state index contributed by atoms with van der Waals surface area (Å²) in [6.07, 6.45) is 1.48. The molecular weight excluding hydrogens is 401 g/mol. The number of phenols is 1. The molecule has 1 aliphatic heterocycles. The maximum absolute atomic E-state index is 13.2. The fourth-order valence-electron chi connectivity index (χ4n) is 4.21. The minimum Gasteiger partial charge on any atom is -0.508 e. The Hall–Kier alpha value is -2.14. The van der Waals surface area contributed by atoms with E-state index in [-0.39, 0.29) is 43.0 Å². The summed E-state index contributed by atoms with van der Waals surface area (Å²) in [5.41, 5.74) is 2.13. The number of rotatable bonds is 9. The van der Waals surface area contributed by atoms with Gasteiger partial charge in [-0.05, 0) is 49.9 Å². The second kappa shape index (κ2) is 10.3. The molecule has 162 valence electrons. The summed E-state index contributed by atoms with van der Waals surface area (Å²) in [6.45, 7) is 4.56. The van der Waals surface area contributed by atoms with Gasteiger partial charge in [0.15, 0.2) is 0 Å². The van der Waals surface area contributed by atoms with Crippen LogP contribution < -0.4 is 0 Å². The predicted molar refractivity (Wildman–Crippen MR) is 117 cm³/mol. The highest BCUT2D eigenvalue weighted by atomic mass is 31.2. The van der Waals surface area contributed by atoms with Crippen molar-refractivity contribution in [3.05, 3.63) is 65.7 Å². The van der Waals surface area contributed by atoms with Crippen molar-refractivity contribution in [2.45, 2.75) is 38.6 Å². The van der Waals surface area contributed by atoms with Gasteiger partial charge in [-0.2, -0.15) is 0 Å². The summed E-state index contributed by atoms with van der Waals surface area (Å²) in [7, 11) is -3.46. The zero-order chi connectivity index (χ0) is 21.6. The van der Waals surface area contributed by atoms with Crippen LogP contribution in [0.2, 0.25) is 0 Å². The van der Waals surface area contributed by atoms with Crippen LogP contribution in [0.15, 0.2) is 54.6 Å². The molecule has 1 N–H and O–H groups in total. The predicted octanol–water partition coefficient (Wildman–Crippen LogP) is 4.78. The number of amides is 1. The van der Waals surface area contributed by atoms with E-state index >= 15 is 0 Å². The number of hydrogen-bond donors (Lipinski definition) is 1. The van der Waals surface area contributed by atoms with E-state index in [0.717, 1.165) is 24.0 Å². The van der Waals surface area contributed by atoms with Crippen molar-refractivity contribution in [3.63, 3.8) is 0 Å². The first-order chi connectivity index (χ1) is 14.5. The number of aromatic hydroxyl groups is 1. The molecule has 1 heterocycles. The summed E-state index contributed by atoms with van der Waals surface area (Å²) in [4.78, 5) is 15.0. The molecule has 7 heteroatoms. The Bertz CT molecular complexity index is 861. The average molecular weight is 431 g/mol. The van der Waals surface area contributed by atoms with Gasteiger partial charge in [0.05, 0.1) is 13.2 Å². The van der Waals surface area contributed by atoms with Gasteiger partial charge in [-0.1, -0.05) is 42.5 Å². The molecule has 0 spiro atoms. The standard InChI is InChI=1S/C23H30NO5P/c1-3-28-30(27,29-4-2)17-22(26)24-16-8-11-21(24)23(18-9-6-5-7-10-18)19-12-14-20(25)15-13-19/h5-7,9-10,12-15,21,23,25H,3-4,8,11,16-17H2,1-2H3/t21-,23?/m0/s1. The third-order valence-electron chi connectivity index (χ3n) is 5.40. The lowest BCUT2D eigenvalue weighted by Crippen LogP contribution is -2.41. The van der Waals surface area contributed by atoms with Gasteiger partial charge in [-0.25, -0.2) is 0 Å². The summed E-state index contributed by atoms with van der Waals surface area (Å²) >= 11 is 0. The number of carbonyl (C=O) groups is 1. The number of carbonyl (C=O) groups excluding carboxylic acids is 1. The Morgan fingerprint density at radius 1 is 1.07 bits per heavy atom. The average Bonchev–Trinajstić information content (AvgIpc) is 3.20. The topological polar surface area (TPSA) is 76.1 Å². The molecule has 0 aromatic heterocycles. The Morgan fingerprint density at radius 2 is 1.67 bits per heavy atom. The molecule has 30 heavy (non-hydrogen) atoms. The molecule has 0 radical (unpaired) electrons. The van der Waals surface area contributed by atoms with Gasteiger partial charge < -0.3 is 19.1 Å². The third-order valence-corrected chi connectivity index (χ3v) is 7.36. The lowest BCUT2D eigenvalue weighted by molar-refractivity contribution is -0.129. The van der Waals surface area contributed by atoms with Crippen molar-refractivity contribution in [3.8, 4) is 5.75 Å². The molecule has 1 fully saturated rings. The van der Waals surface area contributed by atoms with Crippen LogP contribution in [0.25, 0.3) is 0 Å². The van der Waals surface area contributed by atoms with Crippen LogP contribution in [0, 0.1) is 0 Å². The van der Waals surface area contributed by atoms with Crippen molar-refractivity contribution in [1.82, 2.24) is 4.90 Å². The molecule has 1 unspecified atom stereocenters. The first-order valence-electron chi connectivity index (χ1n) is 10.5. The first kappa shape index (κ1) is 22.5. The quantitative estimate of drug-likeness (QED) is 0.578. The Labute approximate surface area is 178 Å². The second-order valence-electron chi connectivity index (χ2n) is 7.38. The first-order valence-corrected chi connectivity index (χ1v) is 12.2. The van der Waals surface area contributed by atoms with Crippen LogP contribution in [-0.4, -0.2) is 47.9 Å². The van der Waals surface area contributed by atoms with Crippen molar-refractivity contribution in [2.75, 3.05) is 25.9 Å². The lowest BCUT2D eigenvalue weighted by Gasteiger charge is -2.33. The fourth-order valence-corrected chi connectivity index (χ4v) is 5.76. The van der Waals surface area contributed by atoms with Gasteiger partial charge in [0.2, 0.25) is 5.91 Å². The number of phenolic OH excluding ortho intramolecular Hbond substituents is 1. The summed E-state index contributed by atoms with van der Waals surface area (Å²) in [5.74, 6) is -0.0430. The van der Waals surface area contributed by atoms with Gasteiger partial charge >= 0.3 is 7.60 Å². The maximum atomic E-state index is 13.2. The Morgan fingerprint density at radius 3 is 2.27 bits per heavy atom. The van der Waals surface area contributed by atoms with Crippen molar-refractivity contribution in [1.29, 1.82) is 0 Å². The van der Waals surface area contributed by atoms with Crippen LogP contribution in [-0.2, 0) is 18.4 Å². The highest BCUT2D eigenvalue weighted by Crippen LogP contribution is 2.48. The molecule has 0 bridgehead atoms. The molecule has 0 saturated carbocycles. The monoisotopic (exact) mass is 431 g/mol. The lowest BCUT2D eigenvalue weighted by atomic mass is 9.84. The molecule has 0 aliphatic carbocycles. The highest BCUT2D eigenvalue weighted by Gasteiger charge is 2.39. The molecule has 1 amide bonds. The van der Waals surface area contributed by atoms with Crippen LogP contribution >= 0.6 is 7.60 Å². The number of likely N-dealkylation sites (tertiary alicyclic amines) is 1. The smallest absolute Gasteiger partial charge is 0.340 e. The van der Waals surface area contributed by atoms with E-state index in [2.05, 4.69) is 12.1 Å². The van der Waals surface area contributed by atoms with E-state index in [0.29, 0.717) is 6.54 Å². The largest absolute Gasteiger partial charge is 0.508 e. The molecule has 2 aromatic rings. The zero-order valence-corrected chi connectivity index (χ0v) is 18.5. The Balaban J connectivity index is 1.90. The van der Waals surface area contributed by atoms with Gasteiger partial charge in [0, 0.05) is 18.5 Å². The SMILES string of the molecule is CCOP(=O)(CC(=O)N1CCC[C@H]1C(c1ccccc1)c1ccc(O)cc1)OCC. The van der Waals surface area contributed by atoms with Crippen molar-refractivity contribution >= 4 is 13.5 Å². The van der Waals surface area contributed by atoms with Gasteiger partial charge in [0.25, 0.3) is 0 Å². The van der Waals surface area contributed by atoms with E-state index < -0.39 is 7.60 Å². The Kier molecular flexibility index (Phi) is 7.70. The third kappa shape index (κ3) is 5.31. The molecule has 6 nitrogen and oxygen atoms in total. The van der Waals surface area contributed by atoms with Crippen LogP contribution in [0.5, 0.6) is 5.75 Å².